The van der Waals surface area contributed by atoms with Crippen LogP contribution in [0.3, 0.4) is 0 Å². The van der Waals surface area contributed by atoms with E-state index >= 15 is 0 Å². The Morgan fingerprint density at radius 3 is 2.75 bits per heavy atom. The van der Waals surface area contributed by atoms with Gasteiger partial charge in [0, 0.05) is 36.7 Å². The van der Waals surface area contributed by atoms with Crippen molar-refractivity contribution in [3.63, 3.8) is 0 Å². The fourth-order valence-corrected chi connectivity index (χ4v) is 3.55. The van der Waals surface area contributed by atoms with E-state index in [4.69, 9.17) is 9.47 Å². The molecule has 2 heterocycles. The molecule has 146 valence electrons. The lowest BCUT2D eigenvalue weighted by Gasteiger charge is -2.18. The highest BCUT2D eigenvalue weighted by Gasteiger charge is 2.36. The minimum absolute atomic E-state index is 0.108. The lowest BCUT2D eigenvalue weighted by Crippen LogP contribution is -2.32. The normalized spacial score (nSPS) is 18.5. The molecule has 0 unspecified atom stereocenters. The molecule has 4 rings (SSSR count). The number of amides is 1. The lowest BCUT2D eigenvalue weighted by atomic mass is 10.1. The average Bonchev–Trinajstić information content (AvgIpc) is 3.21. The molecule has 1 aliphatic heterocycles. The van der Waals surface area contributed by atoms with Gasteiger partial charge < -0.3 is 14.4 Å². The van der Waals surface area contributed by atoms with Crippen molar-refractivity contribution in [2.45, 2.75) is 32.3 Å². The molecule has 2 aromatic rings. The summed E-state index contributed by atoms with van der Waals surface area (Å²) in [5.41, 5.74) is 1.08. The van der Waals surface area contributed by atoms with Crippen LogP contribution in [0.5, 0.6) is 11.6 Å². The van der Waals surface area contributed by atoms with E-state index in [0.717, 1.165) is 6.07 Å². The molecule has 1 aromatic heterocycles. The first-order valence-corrected chi connectivity index (χ1v) is 9.10. The Balaban J connectivity index is 1.52. The number of benzene rings is 1. The van der Waals surface area contributed by atoms with Gasteiger partial charge in [-0.3, -0.25) is 9.59 Å². The van der Waals surface area contributed by atoms with E-state index < -0.39 is 17.7 Å². The number of rotatable bonds is 5. The van der Waals surface area contributed by atoms with E-state index in [9.17, 15) is 18.4 Å². The number of nitrogens with zero attached hydrogens (tertiary/aromatic N) is 2. The SMILES string of the molecule is CCOc1ncc(O[C@@H]2CCN(c3cc(F)c4c(c3)C(=O)CC4)C2=O)cc1F. The lowest BCUT2D eigenvalue weighted by molar-refractivity contribution is -0.122. The summed E-state index contributed by atoms with van der Waals surface area (Å²) < 4.78 is 38.9. The van der Waals surface area contributed by atoms with Crippen LogP contribution in [0.25, 0.3) is 0 Å². The Morgan fingerprint density at radius 1 is 1.18 bits per heavy atom. The number of pyridine rings is 1. The molecule has 0 radical (unpaired) electrons. The van der Waals surface area contributed by atoms with Gasteiger partial charge in [0.25, 0.3) is 11.8 Å². The summed E-state index contributed by atoms with van der Waals surface area (Å²) in [4.78, 5) is 29.9. The summed E-state index contributed by atoms with van der Waals surface area (Å²) in [5.74, 6) is -1.68. The molecule has 0 bridgehead atoms. The molecule has 1 aromatic carbocycles. The highest BCUT2D eigenvalue weighted by molar-refractivity contribution is 6.04. The average molecular weight is 388 g/mol. The van der Waals surface area contributed by atoms with Crippen LogP contribution in [0.4, 0.5) is 14.5 Å². The summed E-state index contributed by atoms with van der Waals surface area (Å²) in [5, 5.41) is 0. The Morgan fingerprint density at radius 2 is 2.00 bits per heavy atom. The van der Waals surface area contributed by atoms with Gasteiger partial charge in [-0.2, -0.15) is 0 Å². The number of anilines is 1. The van der Waals surface area contributed by atoms with Gasteiger partial charge in [0.2, 0.25) is 0 Å². The largest absolute Gasteiger partial charge is 0.479 e. The molecule has 28 heavy (non-hydrogen) atoms. The zero-order chi connectivity index (χ0) is 19.8. The molecule has 0 saturated carbocycles. The fourth-order valence-electron chi connectivity index (χ4n) is 3.55. The number of halogens is 2. The Labute approximate surface area is 160 Å². The third kappa shape index (κ3) is 3.19. The van der Waals surface area contributed by atoms with E-state index in [-0.39, 0.29) is 36.3 Å². The van der Waals surface area contributed by atoms with E-state index in [0.29, 0.717) is 36.2 Å². The second kappa shape index (κ2) is 7.18. The molecule has 1 aliphatic carbocycles. The maximum atomic E-state index is 14.3. The molecule has 1 amide bonds. The molecule has 1 saturated heterocycles. The first-order chi connectivity index (χ1) is 13.5. The summed E-state index contributed by atoms with van der Waals surface area (Å²) >= 11 is 0. The van der Waals surface area contributed by atoms with Crippen LogP contribution in [0.2, 0.25) is 0 Å². The minimum Gasteiger partial charge on any atom is -0.479 e. The van der Waals surface area contributed by atoms with Crippen LogP contribution in [0.1, 0.15) is 35.7 Å². The molecule has 0 N–H and O–H groups in total. The van der Waals surface area contributed by atoms with Gasteiger partial charge in [-0.25, -0.2) is 13.8 Å². The number of ketones is 1. The smallest absolute Gasteiger partial charge is 0.268 e. The van der Waals surface area contributed by atoms with Gasteiger partial charge in [-0.15, -0.1) is 0 Å². The number of hydrogen-bond donors (Lipinski definition) is 0. The Hall–Kier alpha value is -3.03. The van der Waals surface area contributed by atoms with E-state index in [2.05, 4.69) is 4.98 Å². The molecule has 8 heteroatoms. The molecule has 1 fully saturated rings. The van der Waals surface area contributed by atoms with E-state index in [1.165, 1.54) is 17.2 Å². The maximum Gasteiger partial charge on any atom is 0.268 e. The van der Waals surface area contributed by atoms with Crippen LogP contribution >= 0.6 is 0 Å². The quantitative estimate of drug-likeness (QED) is 0.788. The second-order valence-corrected chi connectivity index (χ2v) is 6.65. The summed E-state index contributed by atoms with van der Waals surface area (Å²) in [6, 6.07) is 3.95. The predicted molar refractivity (Wildman–Crippen MR) is 95.8 cm³/mol. The third-order valence-corrected chi connectivity index (χ3v) is 4.89. The van der Waals surface area contributed by atoms with Crippen LogP contribution in [-0.2, 0) is 11.2 Å². The topological polar surface area (TPSA) is 68.7 Å². The van der Waals surface area contributed by atoms with E-state index in [1.54, 1.807) is 13.0 Å². The van der Waals surface area contributed by atoms with Gasteiger partial charge in [0.05, 0.1) is 12.8 Å². The van der Waals surface area contributed by atoms with Crippen LogP contribution in [-0.4, -0.2) is 35.9 Å². The molecule has 0 spiro atoms. The van der Waals surface area contributed by atoms with Crippen molar-refractivity contribution < 1.29 is 27.8 Å². The van der Waals surface area contributed by atoms with Gasteiger partial charge in [-0.1, -0.05) is 0 Å². The predicted octanol–water partition coefficient (Wildman–Crippen LogP) is 3.07. The highest BCUT2D eigenvalue weighted by Crippen LogP contribution is 2.32. The molecule has 6 nitrogen and oxygen atoms in total. The van der Waals surface area contributed by atoms with Gasteiger partial charge in [-0.05, 0) is 31.0 Å². The Kier molecular flexibility index (Phi) is 4.70. The van der Waals surface area contributed by atoms with Crippen LogP contribution in [0.15, 0.2) is 24.4 Å². The summed E-state index contributed by atoms with van der Waals surface area (Å²) in [6.45, 7) is 2.30. The summed E-state index contributed by atoms with van der Waals surface area (Å²) in [7, 11) is 0. The van der Waals surface area contributed by atoms with Crippen molar-refractivity contribution in [3.8, 4) is 11.6 Å². The van der Waals surface area contributed by atoms with Crippen molar-refractivity contribution in [1.29, 1.82) is 0 Å². The molecule has 2 aliphatic rings. The summed E-state index contributed by atoms with van der Waals surface area (Å²) in [6.07, 6.45) is 1.46. The standard InChI is InChI=1S/C20H18F2N2O4/c1-2-27-19-16(22)9-12(10-23-19)28-18-5-6-24(20(18)26)11-7-14-13(15(21)8-11)3-4-17(14)25/h7-10,18H,2-6H2,1H3/t18-/m1/s1. The zero-order valence-corrected chi connectivity index (χ0v) is 15.2. The number of carbonyl (C=O) groups excluding carboxylic acids is 2. The zero-order valence-electron chi connectivity index (χ0n) is 15.2. The van der Waals surface area contributed by atoms with Crippen molar-refractivity contribution in [2.75, 3.05) is 18.1 Å². The number of ether oxygens (including phenoxy) is 2. The van der Waals surface area contributed by atoms with Crippen molar-refractivity contribution in [2.24, 2.45) is 0 Å². The first-order valence-electron chi connectivity index (χ1n) is 9.10. The first kappa shape index (κ1) is 18.3. The third-order valence-electron chi connectivity index (χ3n) is 4.89. The van der Waals surface area contributed by atoms with Crippen molar-refractivity contribution >= 4 is 17.4 Å². The van der Waals surface area contributed by atoms with Crippen LogP contribution in [0, 0.1) is 11.6 Å². The number of aromatic nitrogens is 1. The number of Topliss-reactive ketones (excluding diaryl/α,β-unsaturated/α-hetero) is 1. The van der Waals surface area contributed by atoms with Gasteiger partial charge in [0.15, 0.2) is 17.7 Å². The fraction of sp³-hybridized carbons (Fsp3) is 0.350. The van der Waals surface area contributed by atoms with Crippen LogP contribution < -0.4 is 14.4 Å². The van der Waals surface area contributed by atoms with Crippen molar-refractivity contribution in [1.82, 2.24) is 4.98 Å². The minimum atomic E-state index is -0.842. The van der Waals surface area contributed by atoms with Crippen molar-refractivity contribution in [3.05, 3.63) is 47.2 Å². The van der Waals surface area contributed by atoms with Gasteiger partial charge in [0.1, 0.15) is 11.6 Å². The second-order valence-electron chi connectivity index (χ2n) is 6.65. The molecular formula is C20H18F2N2O4. The number of carbonyl (C=O) groups is 2. The van der Waals surface area contributed by atoms with Gasteiger partial charge >= 0.3 is 0 Å². The number of hydrogen-bond acceptors (Lipinski definition) is 5. The highest BCUT2D eigenvalue weighted by atomic mass is 19.1. The van der Waals surface area contributed by atoms with E-state index in [1.807, 2.05) is 0 Å². The molecular weight excluding hydrogens is 370 g/mol. The molecule has 1 atom stereocenters. The number of fused-ring (bicyclic) bond motifs is 1. The maximum absolute atomic E-state index is 14.3. The Bertz CT molecular complexity index is 963. The monoisotopic (exact) mass is 388 g/mol.